The highest BCUT2D eigenvalue weighted by atomic mass is 32.2. The van der Waals surface area contributed by atoms with Crippen LogP contribution in [-0.4, -0.2) is 39.8 Å². The number of aliphatic carboxylic acids is 1. The number of nitrogens with one attached hydrogen (secondary N) is 1. The highest BCUT2D eigenvalue weighted by Crippen LogP contribution is 2.39. The third-order valence-electron chi connectivity index (χ3n) is 4.12. The average molecular weight is 388 g/mol. The fourth-order valence-electron chi connectivity index (χ4n) is 3.24. The van der Waals surface area contributed by atoms with Gasteiger partial charge in [-0.15, -0.1) is 0 Å². The third-order valence-corrected chi connectivity index (χ3v) is 5.31. The van der Waals surface area contributed by atoms with E-state index in [-0.39, 0.29) is 34.9 Å². The van der Waals surface area contributed by atoms with E-state index in [2.05, 4.69) is 5.32 Å². The van der Waals surface area contributed by atoms with Crippen molar-refractivity contribution in [3.05, 3.63) is 0 Å². The molecule has 0 saturated carbocycles. The lowest BCUT2D eigenvalue weighted by Crippen LogP contribution is -2.44. The van der Waals surface area contributed by atoms with Crippen LogP contribution in [0.25, 0.3) is 0 Å². The molecule has 1 amide bonds. The molecule has 0 spiro atoms. The molecule has 0 aromatic rings. The summed E-state index contributed by atoms with van der Waals surface area (Å²) in [4.78, 5) is 35.8. The maximum absolute atomic E-state index is 12.4. The monoisotopic (exact) mass is 387 g/mol. The number of carboxylic acid groups (broad SMARTS) is 1. The number of thioether (sulfide) groups is 1. The molecule has 1 unspecified atom stereocenters. The zero-order valence-electron chi connectivity index (χ0n) is 17.6. The molecule has 0 rings (SSSR count). The molecule has 1 atom stereocenters. The second kappa shape index (κ2) is 10.3. The van der Waals surface area contributed by atoms with Crippen LogP contribution in [0.3, 0.4) is 0 Å². The van der Waals surface area contributed by atoms with Crippen molar-refractivity contribution in [1.29, 1.82) is 0 Å². The Morgan fingerprint density at radius 3 is 1.88 bits per heavy atom. The Balaban J connectivity index is 4.77. The molecule has 0 aromatic heterocycles. The van der Waals surface area contributed by atoms with Crippen molar-refractivity contribution in [2.45, 2.75) is 85.9 Å². The third kappa shape index (κ3) is 10.8. The van der Waals surface area contributed by atoms with Gasteiger partial charge in [-0.05, 0) is 22.5 Å². The number of hydrogen-bond donors (Lipinski definition) is 2. The van der Waals surface area contributed by atoms with Crippen LogP contribution in [0.15, 0.2) is 0 Å². The van der Waals surface area contributed by atoms with Gasteiger partial charge >= 0.3 is 5.97 Å². The number of carboxylic acids is 1. The van der Waals surface area contributed by atoms with Crippen LogP contribution < -0.4 is 5.32 Å². The van der Waals surface area contributed by atoms with E-state index in [0.29, 0.717) is 23.8 Å². The van der Waals surface area contributed by atoms with Gasteiger partial charge in [-0.1, -0.05) is 55.4 Å². The maximum atomic E-state index is 12.4. The summed E-state index contributed by atoms with van der Waals surface area (Å²) >= 11 is 1.51. The van der Waals surface area contributed by atoms with Crippen molar-refractivity contribution in [2.24, 2.45) is 16.7 Å². The molecular weight excluding hydrogens is 350 g/mol. The highest BCUT2D eigenvalue weighted by molar-refractivity contribution is 7.99. The summed E-state index contributed by atoms with van der Waals surface area (Å²) in [5.41, 5.74) is -0.524. The smallest absolute Gasteiger partial charge is 0.327 e. The van der Waals surface area contributed by atoms with Gasteiger partial charge in [0.05, 0.1) is 0 Å². The van der Waals surface area contributed by atoms with E-state index in [9.17, 15) is 19.5 Å². The SMILES string of the molecule is CC(C)SCC(NC(=O)CC(C)(C)CC(C)(C)CC(=O)C(C)C)C(=O)O. The minimum Gasteiger partial charge on any atom is -0.480 e. The molecule has 0 heterocycles. The Bertz CT molecular complexity index is 498. The van der Waals surface area contributed by atoms with Gasteiger partial charge in [-0.2, -0.15) is 11.8 Å². The summed E-state index contributed by atoms with van der Waals surface area (Å²) in [7, 11) is 0. The minimum absolute atomic E-state index is 0.00969. The Morgan fingerprint density at radius 2 is 1.46 bits per heavy atom. The van der Waals surface area contributed by atoms with Crippen molar-refractivity contribution >= 4 is 29.4 Å². The van der Waals surface area contributed by atoms with Crippen molar-refractivity contribution in [3.63, 3.8) is 0 Å². The summed E-state index contributed by atoms with van der Waals surface area (Å²) in [6.45, 7) is 15.9. The highest BCUT2D eigenvalue weighted by Gasteiger charge is 2.33. The summed E-state index contributed by atoms with van der Waals surface area (Å²) in [5, 5.41) is 12.3. The average Bonchev–Trinajstić information content (AvgIpc) is 2.39. The number of rotatable bonds is 12. The van der Waals surface area contributed by atoms with Gasteiger partial charge in [0.1, 0.15) is 11.8 Å². The van der Waals surface area contributed by atoms with E-state index >= 15 is 0 Å². The van der Waals surface area contributed by atoms with E-state index < -0.39 is 12.0 Å². The fourth-order valence-corrected chi connectivity index (χ4v) is 4.04. The second-order valence-corrected chi connectivity index (χ2v) is 10.9. The summed E-state index contributed by atoms with van der Waals surface area (Å²) < 4.78 is 0. The van der Waals surface area contributed by atoms with E-state index in [1.54, 1.807) is 0 Å². The normalized spacial score (nSPS) is 13.8. The number of ketones is 1. The zero-order chi connectivity index (χ0) is 20.7. The topological polar surface area (TPSA) is 83.5 Å². The largest absolute Gasteiger partial charge is 0.480 e. The van der Waals surface area contributed by atoms with Crippen LogP contribution >= 0.6 is 11.8 Å². The molecule has 0 fully saturated rings. The lowest BCUT2D eigenvalue weighted by molar-refractivity contribution is -0.141. The van der Waals surface area contributed by atoms with Gasteiger partial charge in [0.15, 0.2) is 0 Å². The number of Topliss-reactive ketones (excluding diaryl/α,β-unsaturated/α-hetero) is 1. The first-order chi connectivity index (χ1) is 11.6. The Hall–Kier alpha value is -1.04. The first-order valence-corrected chi connectivity index (χ1v) is 10.4. The van der Waals surface area contributed by atoms with Crippen LogP contribution in [-0.2, 0) is 14.4 Å². The molecule has 0 aromatic carbocycles. The number of hydrogen-bond acceptors (Lipinski definition) is 4. The summed E-state index contributed by atoms with van der Waals surface area (Å²) in [6.07, 6.45) is 1.44. The lowest BCUT2D eigenvalue weighted by atomic mass is 9.70. The number of amides is 1. The number of carbonyl (C=O) groups is 3. The number of carbonyl (C=O) groups excluding carboxylic acids is 2. The first-order valence-electron chi connectivity index (χ1n) is 9.32. The molecule has 2 N–H and O–H groups in total. The van der Waals surface area contributed by atoms with Crippen molar-refractivity contribution in [2.75, 3.05) is 5.75 Å². The standard InChI is InChI=1S/C20H37NO4S/c1-13(2)16(22)9-19(5,6)12-20(7,8)10-17(23)21-15(18(24)25)11-26-14(3)4/h13-15H,9-12H2,1-8H3,(H,21,23)(H,24,25). The minimum atomic E-state index is -1.01. The van der Waals surface area contributed by atoms with E-state index in [4.69, 9.17) is 0 Å². The van der Waals surface area contributed by atoms with Gasteiger partial charge in [0, 0.05) is 24.5 Å². The van der Waals surface area contributed by atoms with Crippen LogP contribution in [0.5, 0.6) is 0 Å². The summed E-state index contributed by atoms with van der Waals surface area (Å²) in [5.74, 6) is -0.666. The molecule has 0 aliphatic rings. The molecule has 0 radical (unpaired) electrons. The Morgan fingerprint density at radius 1 is 0.962 bits per heavy atom. The molecule has 0 bridgehead atoms. The Kier molecular flexibility index (Phi) is 9.92. The predicted molar refractivity (Wildman–Crippen MR) is 108 cm³/mol. The summed E-state index contributed by atoms with van der Waals surface area (Å²) in [6, 6.07) is -0.874. The zero-order valence-corrected chi connectivity index (χ0v) is 18.5. The van der Waals surface area contributed by atoms with Crippen molar-refractivity contribution in [3.8, 4) is 0 Å². The quantitative estimate of drug-likeness (QED) is 0.526. The van der Waals surface area contributed by atoms with Gasteiger partial charge in [-0.25, -0.2) is 4.79 Å². The molecule has 152 valence electrons. The van der Waals surface area contributed by atoms with Crippen molar-refractivity contribution in [1.82, 2.24) is 5.32 Å². The lowest BCUT2D eigenvalue weighted by Gasteiger charge is -2.35. The van der Waals surface area contributed by atoms with Gasteiger partial charge in [0.2, 0.25) is 5.91 Å². The van der Waals surface area contributed by atoms with Gasteiger partial charge in [0.25, 0.3) is 0 Å². The maximum Gasteiger partial charge on any atom is 0.327 e. The fraction of sp³-hybridized carbons (Fsp3) is 0.850. The van der Waals surface area contributed by atoms with Crippen molar-refractivity contribution < 1.29 is 19.5 Å². The van der Waals surface area contributed by atoms with E-state index in [1.807, 2.05) is 55.4 Å². The molecule has 0 aliphatic heterocycles. The van der Waals surface area contributed by atoms with Crippen LogP contribution in [0.4, 0.5) is 0 Å². The molecular formula is C20H37NO4S. The molecule has 0 saturated heterocycles. The second-order valence-electron chi connectivity index (χ2n) is 9.32. The van der Waals surface area contributed by atoms with Gasteiger partial charge in [-0.3, -0.25) is 9.59 Å². The van der Waals surface area contributed by atoms with Crippen LogP contribution in [0, 0.1) is 16.7 Å². The van der Waals surface area contributed by atoms with Crippen LogP contribution in [0.1, 0.15) is 74.7 Å². The molecule has 6 heteroatoms. The van der Waals surface area contributed by atoms with E-state index in [1.165, 1.54) is 11.8 Å². The molecule has 0 aliphatic carbocycles. The van der Waals surface area contributed by atoms with Crippen LogP contribution in [0.2, 0.25) is 0 Å². The first kappa shape index (κ1) is 25.0. The molecule has 26 heavy (non-hydrogen) atoms. The Labute approximate surface area is 163 Å². The van der Waals surface area contributed by atoms with E-state index in [0.717, 1.165) is 0 Å². The molecule has 5 nitrogen and oxygen atoms in total. The van der Waals surface area contributed by atoms with Gasteiger partial charge < -0.3 is 10.4 Å². The predicted octanol–water partition coefficient (Wildman–Crippen LogP) is 4.15.